The van der Waals surface area contributed by atoms with Gasteiger partial charge >= 0.3 is 0 Å². The number of nitrogens with zero attached hydrogens (tertiary/aromatic N) is 1. The number of rotatable bonds is 2. The number of hydrogen-bond donors (Lipinski definition) is 0. The van der Waals surface area contributed by atoms with Crippen molar-refractivity contribution in [2.75, 3.05) is 6.54 Å². The van der Waals surface area contributed by atoms with E-state index in [-0.39, 0.29) is 0 Å². The van der Waals surface area contributed by atoms with Crippen molar-refractivity contribution in [2.24, 2.45) is 0 Å². The van der Waals surface area contributed by atoms with Gasteiger partial charge in [-0.15, -0.1) is 0 Å². The highest BCUT2D eigenvalue weighted by molar-refractivity contribution is 5.77. The number of aryl methyl sites for hydroxylation is 2. The molecule has 0 aromatic heterocycles. The van der Waals surface area contributed by atoms with Crippen molar-refractivity contribution in [3.05, 3.63) is 76.5 Å². The minimum atomic E-state index is 0.533. The first-order valence-electron chi connectivity index (χ1n) is 8.11. The van der Waals surface area contributed by atoms with Gasteiger partial charge in [0, 0.05) is 24.0 Å². The summed E-state index contributed by atoms with van der Waals surface area (Å²) in [6.07, 6.45) is 5.53. The molecule has 0 N–H and O–H groups in total. The predicted octanol–water partition coefficient (Wildman–Crippen LogP) is 5.35. The van der Waals surface area contributed by atoms with Crippen molar-refractivity contribution < 1.29 is 0 Å². The summed E-state index contributed by atoms with van der Waals surface area (Å²) < 4.78 is 0. The maximum absolute atomic E-state index is 4.23. The van der Waals surface area contributed by atoms with Crippen LogP contribution in [0.3, 0.4) is 0 Å². The smallest absolute Gasteiger partial charge is 0.0489 e. The van der Waals surface area contributed by atoms with Gasteiger partial charge in [0.05, 0.1) is 0 Å². The van der Waals surface area contributed by atoms with Crippen LogP contribution in [0.25, 0.3) is 5.70 Å². The third-order valence-electron chi connectivity index (χ3n) is 4.88. The average Bonchev–Trinajstić information content (AvgIpc) is 2.47. The summed E-state index contributed by atoms with van der Waals surface area (Å²) in [5.41, 5.74) is 10.3. The first-order valence-corrected chi connectivity index (χ1v) is 8.11. The lowest BCUT2D eigenvalue weighted by atomic mass is 9.83. The van der Waals surface area contributed by atoms with E-state index in [1.807, 2.05) is 0 Å². The Hall–Kier alpha value is -2.02. The molecule has 0 saturated carbocycles. The Labute approximate surface area is 134 Å². The molecule has 1 nitrogen and oxygen atoms in total. The second kappa shape index (κ2) is 5.31. The molecule has 0 bridgehead atoms. The molecular formula is C21H25N. The molecule has 0 aliphatic carbocycles. The molecule has 0 saturated heterocycles. The Morgan fingerprint density at radius 1 is 1.36 bits per heavy atom. The molecule has 0 radical (unpaired) electrons. The molecule has 1 unspecified atom stereocenters. The van der Waals surface area contributed by atoms with Crippen molar-refractivity contribution in [2.45, 2.75) is 40.0 Å². The summed E-state index contributed by atoms with van der Waals surface area (Å²) in [6, 6.07) is 4.77. The van der Waals surface area contributed by atoms with E-state index in [0.29, 0.717) is 5.92 Å². The minimum Gasteiger partial charge on any atom is -0.346 e. The zero-order chi connectivity index (χ0) is 16.0. The molecule has 1 heteroatoms. The summed E-state index contributed by atoms with van der Waals surface area (Å²) in [5.74, 6) is 0.533. The first-order chi connectivity index (χ1) is 10.4. The van der Waals surface area contributed by atoms with Gasteiger partial charge in [-0.2, -0.15) is 0 Å². The molecule has 2 aliphatic rings. The highest BCUT2D eigenvalue weighted by Gasteiger charge is 2.28. The van der Waals surface area contributed by atoms with Crippen LogP contribution in [-0.2, 0) is 6.42 Å². The van der Waals surface area contributed by atoms with Gasteiger partial charge in [-0.05, 0) is 71.7 Å². The summed E-state index contributed by atoms with van der Waals surface area (Å²) >= 11 is 0. The molecule has 0 spiro atoms. The van der Waals surface area contributed by atoms with Gasteiger partial charge in [-0.3, -0.25) is 0 Å². The quantitative estimate of drug-likeness (QED) is 0.710. The van der Waals surface area contributed by atoms with E-state index < -0.39 is 0 Å². The largest absolute Gasteiger partial charge is 0.346 e. The Bertz CT molecular complexity index is 731. The Balaban J connectivity index is 2.16. The van der Waals surface area contributed by atoms with Crippen molar-refractivity contribution >= 4 is 5.70 Å². The second-order valence-electron chi connectivity index (χ2n) is 6.65. The molecule has 0 fully saturated rings. The van der Waals surface area contributed by atoms with Gasteiger partial charge in [0.25, 0.3) is 0 Å². The number of hydrogen-bond acceptors (Lipinski definition) is 1. The SMILES string of the molecule is C=C(C)C1=CN2CC(C)c3cc(C)c(CC)cc3C2=CC1=C. The van der Waals surface area contributed by atoms with Crippen LogP contribution >= 0.6 is 0 Å². The van der Waals surface area contributed by atoms with Crippen LogP contribution in [0.4, 0.5) is 0 Å². The Kier molecular flexibility index (Phi) is 3.60. The third kappa shape index (κ3) is 2.25. The van der Waals surface area contributed by atoms with Crippen LogP contribution in [0.2, 0.25) is 0 Å². The molecule has 22 heavy (non-hydrogen) atoms. The number of allylic oxidation sites excluding steroid dienone is 4. The molecule has 3 rings (SSSR count). The van der Waals surface area contributed by atoms with Crippen molar-refractivity contribution in [1.82, 2.24) is 4.90 Å². The lowest BCUT2D eigenvalue weighted by Gasteiger charge is -2.38. The number of fused-ring (bicyclic) bond motifs is 3. The molecular weight excluding hydrogens is 266 g/mol. The molecule has 1 atom stereocenters. The van der Waals surface area contributed by atoms with Crippen molar-refractivity contribution in [1.29, 1.82) is 0 Å². The van der Waals surface area contributed by atoms with E-state index in [1.54, 1.807) is 0 Å². The fraction of sp³-hybridized carbons (Fsp3) is 0.333. The van der Waals surface area contributed by atoms with Gasteiger partial charge in [-0.25, -0.2) is 0 Å². The van der Waals surface area contributed by atoms with E-state index >= 15 is 0 Å². The first kappa shape index (κ1) is 14.9. The normalized spacial score (nSPS) is 20.1. The molecule has 1 aromatic carbocycles. The highest BCUT2D eigenvalue weighted by Crippen LogP contribution is 2.41. The van der Waals surface area contributed by atoms with Gasteiger partial charge in [0.15, 0.2) is 0 Å². The molecule has 1 aromatic rings. The third-order valence-corrected chi connectivity index (χ3v) is 4.88. The molecule has 2 heterocycles. The predicted molar refractivity (Wildman–Crippen MR) is 95.7 cm³/mol. The van der Waals surface area contributed by atoms with Crippen LogP contribution < -0.4 is 0 Å². The fourth-order valence-electron chi connectivity index (χ4n) is 3.58. The second-order valence-corrected chi connectivity index (χ2v) is 6.65. The van der Waals surface area contributed by atoms with Crippen LogP contribution in [0.1, 0.15) is 48.9 Å². The van der Waals surface area contributed by atoms with Crippen molar-refractivity contribution in [3.8, 4) is 0 Å². The zero-order valence-corrected chi connectivity index (χ0v) is 14.2. The maximum atomic E-state index is 4.23. The maximum Gasteiger partial charge on any atom is 0.0489 e. The lowest BCUT2D eigenvalue weighted by molar-refractivity contribution is 0.460. The van der Waals surface area contributed by atoms with Gasteiger partial charge in [-0.1, -0.05) is 33.1 Å². The van der Waals surface area contributed by atoms with E-state index in [1.165, 1.54) is 33.5 Å². The molecule has 2 aliphatic heterocycles. The van der Waals surface area contributed by atoms with Gasteiger partial charge < -0.3 is 4.90 Å². The number of benzene rings is 1. The van der Waals surface area contributed by atoms with Crippen molar-refractivity contribution in [3.63, 3.8) is 0 Å². The minimum absolute atomic E-state index is 0.533. The molecule has 0 amide bonds. The van der Waals surface area contributed by atoms with Crippen LogP contribution in [0, 0.1) is 6.92 Å². The summed E-state index contributed by atoms with van der Waals surface area (Å²) in [5, 5.41) is 0. The standard InChI is InChI=1S/C21H25N/c1-7-17-10-19-18(8-14(17)4)16(6)11-22-12-20(13(2)3)15(5)9-21(19)22/h8-10,12,16H,2,5,7,11H2,1,3-4,6H3. The summed E-state index contributed by atoms with van der Waals surface area (Å²) in [6.45, 7) is 18.2. The lowest BCUT2D eigenvalue weighted by Crippen LogP contribution is -2.30. The topological polar surface area (TPSA) is 3.24 Å². The zero-order valence-electron chi connectivity index (χ0n) is 14.2. The van der Waals surface area contributed by atoms with E-state index in [9.17, 15) is 0 Å². The van der Waals surface area contributed by atoms with Crippen LogP contribution in [-0.4, -0.2) is 11.4 Å². The van der Waals surface area contributed by atoms with E-state index in [4.69, 9.17) is 0 Å². The monoisotopic (exact) mass is 291 g/mol. The summed E-state index contributed by atoms with van der Waals surface area (Å²) in [7, 11) is 0. The summed E-state index contributed by atoms with van der Waals surface area (Å²) in [4.78, 5) is 2.38. The van der Waals surface area contributed by atoms with Gasteiger partial charge in [0.2, 0.25) is 0 Å². The molecule has 114 valence electrons. The van der Waals surface area contributed by atoms with Crippen LogP contribution in [0.15, 0.2) is 54.3 Å². The fourth-order valence-corrected chi connectivity index (χ4v) is 3.58. The van der Waals surface area contributed by atoms with E-state index in [2.05, 4.69) is 70.2 Å². The average molecular weight is 291 g/mol. The van der Waals surface area contributed by atoms with E-state index in [0.717, 1.165) is 24.1 Å². The Morgan fingerprint density at radius 3 is 2.73 bits per heavy atom. The Morgan fingerprint density at radius 2 is 2.09 bits per heavy atom. The van der Waals surface area contributed by atoms with Gasteiger partial charge in [0.1, 0.15) is 0 Å². The highest BCUT2D eigenvalue weighted by atomic mass is 15.1. The van der Waals surface area contributed by atoms with Crippen LogP contribution in [0.5, 0.6) is 0 Å².